The van der Waals surface area contributed by atoms with Gasteiger partial charge in [0.2, 0.25) is 5.91 Å². The van der Waals surface area contributed by atoms with Gasteiger partial charge >= 0.3 is 0 Å². The van der Waals surface area contributed by atoms with E-state index in [1.54, 1.807) is 0 Å². The fourth-order valence-electron chi connectivity index (χ4n) is 2.58. The van der Waals surface area contributed by atoms with E-state index >= 15 is 0 Å². The summed E-state index contributed by atoms with van der Waals surface area (Å²) < 4.78 is 17.2. The highest BCUT2D eigenvalue weighted by molar-refractivity contribution is 5.73. The number of hydrogen-bond donors (Lipinski definition) is 3. The van der Waals surface area contributed by atoms with Crippen LogP contribution >= 0.6 is 0 Å². The van der Waals surface area contributed by atoms with E-state index in [2.05, 4.69) is 19.2 Å². The Morgan fingerprint density at radius 2 is 1.70 bits per heavy atom. The predicted octanol–water partition coefficient (Wildman–Crippen LogP) is 0.571. The van der Waals surface area contributed by atoms with Gasteiger partial charge in [-0.25, -0.2) is 0 Å². The fourth-order valence-corrected chi connectivity index (χ4v) is 2.58. The number of aliphatic hydroxyl groups excluding tert-OH is 2. The first-order valence-corrected chi connectivity index (χ1v) is 8.49. The van der Waals surface area contributed by atoms with E-state index in [1.807, 2.05) is 0 Å². The minimum absolute atomic E-state index is 0.281. The van der Waals surface area contributed by atoms with Crippen molar-refractivity contribution in [3.63, 3.8) is 0 Å². The summed E-state index contributed by atoms with van der Waals surface area (Å²) in [6, 6.07) is -0.723. The first kappa shape index (κ1) is 20.3. The van der Waals surface area contributed by atoms with Crippen molar-refractivity contribution in [2.75, 3.05) is 19.8 Å². The molecule has 1 amide bonds. The second kappa shape index (κ2) is 10.9. The lowest BCUT2D eigenvalue weighted by Crippen LogP contribution is -2.65. The van der Waals surface area contributed by atoms with Crippen LogP contribution in [0.3, 0.4) is 0 Å². The molecule has 136 valence electrons. The summed E-state index contributed by atoms with van der Waals surface area (Å²) in [6.07, 6.45) is 0.673. The molecule has 1 aliphatic rings. The van der Waals surface area contributed by atoms with Gasteiger partial charge in [-0.1, -0.05) is 26.7 Å². The maximum atomic E-state index is 11.4. The van der Waals surface area contributed by atoms with Crippen LogP contribution in [0, 0.1) is 0 Å². The number of rotatable bonds is 10. The van der Waals surface area contributed by atoms with E-state index in [1.165, 1.54) is 6.92 Å². The van der Waals surface area contributed by atoms with Crippen LogP contribution in [0.4, 0.5) is 0 Å². The number of carbonyl (C=O) groups is 1. The molecule has 0 radical (unpaired) electrons. The second-order valence-corrected chi connectivity index (χ2v) is 5.85. The smallest absolute Gasteiger partial charge is 0.217 e. The third kappa shape index (κ3) is 6.35. The van der Waals surface area contributed by atoms with Crippen LogP contribution in [0.2, 0.25) is 0 Å². The van der Waals surface area contributed by atoms with Gasteiger partial charge < -0.3 is 29.7 Å². The van der Waals surface area contributed by atoms with Crippen molar-refractivity contribution in [3.05, 3.63) is 0 Å². The third-order valence-electron chi connectivity index (χ3n) is 3.83. The topological polar surface area (TPSA) is 97.2 Å². The molecule has 0 aromatic heterocycles. The Kier molecular flexibility index (Phi) is 9.66. The number of nitrogens with one attached hydrogen (secondary N) is 1. The van der Waals surface area contributed by atoms with Crippen LogP contribution in [0.25, 0.3) is 0 Å². The molecular weight excluding hydrogens is 302 g/mol. The van der Waals surface area contributed by atoms with E-state index in [-0.39, 0.29) is 12.5 Å². The van der Waals surface area contributed by atoms with Crippen molar-refractivity contribution in [2.45, 2.75) is 77.1 Å². The van der Waals surface area contributed by atoms with Crippen molar-refractivity contribution in [1.82, 2.24) is 5.32 Å². The van der Waals surface area contributed by atoms with Gasteiger partial charge in [-0.3, -0.25) is 4.79 Å². The highest BCUT2D eigenvalue weighted by Gasteiger charge is 2.47. The Morgan fingerprint density at radius 3 is 2.17 bits per heavy atom. The quantitative estimate of drug-likeness (QED) is 0.506. The number of hydrogen-bond acceptors (Lipinski definition) is 6. The van der Waals surface area contributed by atoms with Gasteiger partial charge in [0, 0.05) is 20.1 Å². The zero-order chi connectivity index (χ0) is 17.2. The number of carbonyl (C=O) groups excluding carboxylic acids is 1. The van der Waals surface area contributed by atoms with E-state index in [0.29, 0.717) is 13.2 Å². The van der Waals surface area contributed by atoms with Gasteiger partial charge in [-0.15, -0.1) is 0 Å². The van der Waals surface area contributed by atoms with Crippen LogP contribution in [0.15, 0.2) is 0 Å². The van der Waals surface area contributed by atoms with Crippen LogP contribution in [0.5, 0.6) is 0 Å². The Hall–Kier alpha value is -0.730. The average molecular weight is 333 g/mol. The zero-order valence-electron chi connectivity index (χ0n) is 14.4. The minimum atomic E-state index is -1.24. The number of ether oxygens (including phenoxy) is 3. The number of unbranched alkanes of at least 4 members (excludes halogenated alkanes) is 2. The lowest BCUT2D eigenvalue weighted by atomic mass is 9.96. The van der Waals surface area contributed by atoms with Crippen molar-refractivity contribution >= 4 is 5.91 Å². The van der Waals surface area contributed by atoms with Crippen LogP contribution in [0.1, 0.15) is 46.5 Å². The molecule has 3 N–H and O–H groups in total. The molecule has 1 fully saturated rings. The molecule has 1 heterocycles. The van der Waals surface area contributed by atoms with Gasteiger partial charge in [-0.2, -0.15) is 0 Å². The van der Waals surface area contributed by atoms with Gasteiger partial charge in [0.1, 0.15) is 24.4 Å². The van der Waals surface area contributed by atoms with Gasteiger partial charge in [0.15, 0.2) is 6.29 Å². The largest absolute Gasteiger partial charge is 0.394 e. The van der Waals surface area contributed by atoms with E-state index < -0.39 is 30.6 Å². The van der Waals surface area contributed by atoms with Crippen molar-refractivity contribution < 1.29 is 29.2 Å². The number of amides is 1. The maximum Gasteiger partial charge on any atom is 0.217 e. The normalized spacial score (nSPS) is 31.1. The van der Waals surface area contributed by atoms with E-state index in [0.717, 1.165) is 25.7 Å². The van der Waals surface area contributed by atoms with Crippen molar-refractivity contribution in [2.24, 2.45) is 0 Å². The molecule has 1 unspecified atom stereocenters. The third-order valence-corrected chi connectivity index (χ3v) is 3.83. The summed E-state index contributed by atoms with van der Waals surface area (Å²) >= 11 is 0. The highest BCUT2D eigenvalue weighted by Crippen LogP contribution is 2.25. The lowest BCUT2D eigenvalue weighted by molar-refractivity contribution is -0.271. The molecule has 1 rings (SSSR count). The maximum absolute atomic E-state index is 11.4. The second-order valence-electron chi connectivity index (χ2n) is 5.85. The Bertz CT molecular complexity index is 341. The molecule has 7 nitrogen and oxygen atoms in total. The van der Waals surface area contributed by atoms with Crippen molar-refractivity contribution in [3.8, 4) is 0 Å². The summed E-state index contributed by atoms with van der Waals surface area (Å²) in [4.78, 5) is 11.4. The summed E-state index contributed by atoms with van der Waals surface area (Å²) in [5.74, 6) is -0.281. The van der Waals surface area contributed by atoms with Gasteiger partial charge in [0.05, 0.1) is 6.61 Å². The van der Waals surface area contributed by atoms with E-state index in [9.17, 15) is 15.0 Å². The van der Waals surface area contributed by atoms with Gasteiger partial charge in [0.25, 0.3) is 0 Å². The molecule has 0 spiro atoms. The molecule has 23 heavy (non-hydrogen) atoms. The molecule has 0 aromatic carbocycles. The van der Waals surface area contributed by atoms with Crippen LogP contribution < -0.4 is 5.32 Å². The molecule has 0 aromatic rings. The molecule has 7 heteroatoms. The molecular formula is C16H31NO6. The molecule has 1 saturated heterocycles. The van der Waals surface area contributed by atoms with Crippen molar-refractivity contribution in [1.29, 1.82) is 0 Å². The lowest BCUT2D eigenvalue weighted by Gasteiger charge is -2.44. The predicted molar refractivity (Wildman–Crippen MR) is 84.9 cm³/mol. The summed E-state index contributed by atoms with van der Waals surface area (Å²) in [7, 11) is 0. The summed E-state index contributed by atoms with van der Waals surface area (Å²) in [5.41, 5.74) is 0. The monoisotopic (exact) mass is 333 g/mol. The Labute approximate surface area is 138 Å². The fraction of sp³-hybridized carbons (Fsp3) is 0.938. The molecule has 5 atom stereocenters. The number of aliphatic hydroxyl groups is 2. The molecule has 0 aliphatic carbocycles. The SMILES string of the molecule is CCCCO[C@H]1[C@H](OCCCC)[C@@H](CO)OC(O)[C@H]1NC(C)=O. The average Bonchev–Trinajstić information content (AvgIpc) is 2.51. The Balaban J connectivity index is 2.87. The first-order valence-electron chi connectivity index (χ1n) is 8.49. The van der Waals surface area contributed by atoms with Crippen LogP contribution in [-0.4, -0.2) is 66.6 Å². The zero-order valence-corrected chi connectivity index (χ0v) is 14.4. The summed E-state index contributed by atoms with van der Waals surface area (Å²) in [5, 5.41) is 22.4. The molecule has 1 aliphatic heterocycles. The standard InChI is InChI=1S/C16H31NO6/c1-4-6-8-21-14-12(10-18)23-16(20)13(17-11(3)19)15(14)22-9-7-5-2/h12-16,18,20H,4-10H2,1-3H3,(H,17,19)/t12-,13+,14-,15-,16?/m1/s1. The van der Waals surface area contributed by atoms with E-state index in [4.69, 9.17) is 14.2 Å². The molecule has 0 bridgehead atoms. The van der Waals surface area contributed by atoms with Gasteiger partial charge in [-0.05, 0) is 12.8 Å². The summed E-state index contributed by atoms with van der Waals surface area (Å²) in [6.45, 7) is 6.21. The Morgan fingerprint density at radius 1 is 1.13 bits per heavy atom. The molecule has 0 saturated carbocycles. The first-order chi connectivity index (χ1) is 11.0. The highest BCUT2D eigenvalue weighted by atomic mass is 16.6. The van der Waals surface area contributed by atoms with Crippen LogP contribution in [-0.2, 0) is 19.0 Å². The minimum Gasteiger partial charge on any atom is -0.394 e.